The summed E-state index contributed by atoms with van der Waals surface area (Å²) in [7, 11) is -2.78. The number of benzene rings is 1. The summed E-state index contributed by atoms with van der Waals surface area (Å²) in [6, 6.07) is 6.19. The SMILES string of the molecule is Cc1cnc(C(=O)Nc2ccc(F)c([C@@]3(C)N=C(N)C(C)(C)[S@@]4(=O)=NCC[C@@H]34)c2)c(C)c1. The maximum Gasteiger partial charge on any atom is 0.274 e. The Morgan fingerprint density at radius 3 is 2.66 bits per heavy atom. The van der Waals surface area contributed by atoms with Gasteiger partial charge in [0.05, 0.1) is 15.0 Å². The van der Waals surface area contributed by atoms with Gasteiger partial charge in [0.1, 0.15) is 27.6 Å². The summed E-state index contributed by atoms with van der Waals surface area (Å²) in [5, 5.41) is 2.31. The van der Waals surface area contributed by atoms with Gasteiger partial charge in [-0.1, -0.05) is 6.07 Å². The molecule has 9 heteroatoms. The number of carbonyl (C=O) groups is 1. The van der Waals surface area contributed by atoms with Crippen LogP contribution in [0.5, 0.6) is 0 Å². The number of halogens is 1. The van der Waals surface area contributed by atoms with Crippen LogP contribution in [-0.4, -0.2) is 37.5 Å². The van der Waals surface area contributed by atoms with Crippen LogP contribution in [0.25, 0.3) is 0 Å². The van der Waals surface area contributed by atoms with E-state index in [1.807, 2.05) is 19.9 Å². The number of aromatic nitrogens is 1. The molecule has 3 N–H and O–H groups in total. The molecule has 0 fully saturated rings. The average Bonchev–Trinajstić information content (AvgIpc) is 3.13. The first-order valence-corrected chi connectivity index (χ1v) is 12.1. The van der Waals surface area contributed by atoms with Crippen molar-refractivity contribution < 1.29 is 13.4 Å². The molecule has 0 spiro atoms. The number of aliphatic imine (C=N–C) groups is 1. The van der Waals surface area contributed by atoms with E-state index in [4.69, 9.17) is 5.73 Å². The van der Waals surface area contributed by atoms with Gasteiger partial charge in [0.2, 0.25) is 0 Å². The normalized spacial score (nSPS) is 28.4. The van der Waals surface area contributed by atoms with Crippen molar-refractivity contribution in [2.45, 2.75) is 56.6 Å². The van der Waals surface area contributed by atoms with Gasteiger partial charge in [-0.3, -0.25) is 14.8 Å². The first-order valence-electron chi connectivity index (χ1n) is 10.5. The zero-order chi connectivity index (χ0) is 23.5. The number of nitrogens with two attached hydrogens (primary N) is 1. The van der Waals surface area contributed by atoms with E-state index in [1.165, 1.54) is 12.1 Å². The third-order valence-corrected chi connectivity index (χ3v) is 10.3. The minimum Gasteiger partial charge on any atom is -0.386 e. The molecule has 1 aromatic heterocycles. The molecule has 0 unspecified atom stereocenters. The fraction of sp³-hybridized carbons (Fsp3) is 0.435. The molecule has 0 radical (unpaired) electrons. The van der Waals surface area contributed by atoms with Gasteiger partial charge in [-0.25, -0.2) is 13.0 Å². The second-order valence-electron chi connectivity index (χ2n) is 9.18. The molecule has 2 aromatic rings. The van der Waals surface area contributed by atoms with Gasteiger partial charge in [-0.05, 0) is 70.4 Å². The maximum atomic E-state index is 15.1. The number of nitrogens with one attached hydrogen (secondary N) is 1. The lowest BCUT2D eigenvalue weighted by atomic mass is 9.85. The summed E-state index contributed by atoms with van der Waals surface area (Å²) in [5.74, 6) is -0.696. The van der Waals surface area contributed by atoms with E-state index in [9.17, 15) is 9.00 Å². The fourth-order valence-corrected chi connectivity index (χ4v) is 7.80. The number of carbonyl (C=O) groups excluding carboxylic acids is 1. The Bertz CT molecular complexity index is 1280. The third kappa shape index (κ3) is 3.21. The minimum absolute atomic E-state index is 0.195. The Labute approximate surface area is 187 Å². The number of anilines is 1. The molecule has 7 nitrogen and oxygen atoms in total. The van der Waals surface area contributed by atoms with Gasteiger partial charge >= 0.3 is 0 Å². The molecule has 1 aromatic carbocycles. The van der Waals surface area contributed by atoms with Crippen molar-refractivity contribution in [2.75, 3.05) is 11.9 Å². The van der Waals surface area contributed by atoms with Gasteiger partial charge < -0.3 is 11.1 Å². The molecule has 0 saturated heterocycles. The Morgan fingerprint density at radius 1 is 1.25 bits per heavy atom. The zero-order valence-corrected chi connectivity index (χ0v) is 19.7. The topological polar surface area (TPSA) is 110 Å². The predicted octanol–water partition coefficient (Wildman–Crippen LogP) is 3.69. The Morgan fingerprint density at radius 2 is 1.97 bits per heavy atom. The van der Waals surface area contributed by atoms with E-state index >= 15 is 4.39 Å². The van der Waals surface area contributed by atoms with Gasteiger partial charge in [0.15, 0.2) is 0 Å². The quantitative estimate of drug-likeness (QED) is 0.732. The van der Waals surface area contributed by atoms with Crippen LogP contribution in [0.15, 0.2) is 39.8 Å². The highest BCUT2D eigenvalue weighted by atomic mass is 32.2. The van der Waals surface area contributed by atoms with Gasteiger partial charge in [0.25, 0.3) is 5.91 Å². The first kappa shape index (κ1) is 22.4. The van der Waals surface area contributed by atoms with Crippen molar-refractivity contribution >= 4 is 27.2 Å². The van der Waals surface area contributed by atoms with Crippen LogP contribution in [0.2, 0.25) is 0 Å². The average molecular weight is 458 g/mol. The molecule has 4 rings (SSSR count). The van der Waals surface area contributed by atoms with E-state index in [2.05, 4.69) is 19.7 Å². The molecule has 3 atom stereocenters. The molecule has 2 aliphatic heterocycles. The van der Waals surface area contributed by atoms with Crippen LogP contribution < -0.4 is 11.1 Å². The van der Waals surface area contributed by atoms with E-state index in [0.29, 0.717) is 24.3 Å². The number of pyridine rings is 1. The first-order chi connectivity index (χ1) is 14.9. The number of amides is 1. The summed E-state index contributed by atoms with van der Waals surface area (Å²) in [5.41, 5.74) is 7.71. The summed E-state index contributed by atoms with van der Waals surface area (Å²) in [6.07, 6.45) is 2.15. The molecule has 170 valence electrons. The molecular formula is C23H28FN5O2S. The predicted molar refractivity (Wildman–Crippen MR) is 125 cm³/mol. The standard InChI is InChI=1S/C23H28FN5O2S/c1-13-10-14(2)19(26-12-13)20(30)28-15-6-7-17(24)16(11-15)23(5)18-8-9-27-32(18,31)22(3,4)21(25)29-23/h6-7,10-12,18H,8-9H2,1-5H3,(H2,25,29)(H,28,30)/t18-,23+,32+/m0/s1. The van der Waals surface area contributed by atoms with Crippen LogP contribution in [0.4, 0.5) is 10.1 Å². The minimum atomic E-state index is -2.78. The number of hydrogen-bond donors (Lipinski definition) is 2. The van der Waals surface area contributed by atoms with Gasteiger partial charge in [-0.15, -0.1) is 0 Å². The Hall–Kier alpha value is -2.81. The van der Waals surface area contributed by atoms with Crippen LogP contribution >= 0.6 is 0 Å². The van der Waals surface area contributed by atoms with Crippen LogP contribution in [-0.2, 0) is 15.3 Å². The van der Waals surface area contributed by atoms with E-state index in [0.717, 1.165) is 11.1 Å². The summed E-state index contributed by atoms with van der Waals surface area (Å²) in [6.45, 7) is 9.43. The second kappa shape index (κ2) is 7.37. The van der Waals surface area contributed by atoms with Crippen LogP contribution in [0, 0.1) is 19.7 Å². The number of aryl methyl sites for hydroxylation is 2. The number of fused-ring (bicyclic) bond motifs is 1. The van der Waals surface area contributed by atoms with E-state index in [-0.39, 0.29) is 11.4 Å². The summed E-state index contributed by atoms with van der Waals surface area (Å²) < 4.78 is 32.6. The highest BCUT2D eigenvalue weighted by Gasteiger charge is 2.56. The highest BCUT2D eigenvalue weighted by molar-refractivity contribution is 7.96. The van der Waals surface area contributed by atoms with Crippen molar-refractivity contribution in [2.24, 2.45) is 15.1 Å². The van der Waals surface area contributed by atoms with E-state index in [1.54, 1.807) is 33.0 Å². The largest absolute Gasteiger partial charge is 0.386 e. The van der Waals surface area contributed by atoms with Crippen molar-refractivity contribution in [3.63, 3.8) is 0 Å². The Balaban J connectivity index is 1.76. The molecule has 32 heavy (non-hydrogen) atoms. The smallest absolute Gasteiger partial charge is 0.274 e. The lowest BCUT2D eigenvalue weighted by molar-refractivity contribution is 0.102. The number of rotatable bonds is 3. The molecule has 1 amide bonds. The lowest BCUT2D eigenvalue weighted by Gasteiger charge is -2.44. The number of amidine groups is 1. The highest BCUT2D eigenvalue weighted by Crippen LogP contribution is 2.48. The number of nitrogens with zero attached hydrogens (tertiary/aromatic N) is 3. The molecular weight excluding hydrogens is 429 g/mol. The molecule has 0 bridgehead atoms. The molecule has 0 aliphatic carbocycles. The van der Waals surface area contributed by atoms with Crippen molar-refractivity contribution in [3.8, 4) is 0 Å². The fourth-order valence-electron chi connectivity index (χ4n) is 4.64. The monoisotopic (exact) mass is 457 g/mol. The maximum absolute atomic E-state index is 15.1. The van der Waals surface area contributed by atoms with Gasteiger partial charge in [-0.2, -0.15) is 0 Å². The van der Waals surface area contributed by atoms with Crippen LogP contribution in [0.1, 0.15) is 54.4 Å². The van der Waals surface area contributed by atoms with Crippen molar-refractivity contribution in [1.29, 1.82) is 0 Å². The second-order valence-corrected chi connectivity index (χ2v) is 12.2. The van der Waals surface area contributed by atoms with E-state index < -0.39 is 37.0 Å². The third-order valence-electron chi connectivity index (χ3n) is 6.59. The van der Waals surface area contributed by atoms with Crippen LogP contribution in [0.3, 0.4) is 0 Å². The summed E-state index contributed by atoms with van der Waals surface area (Å²) >= 11 is 0. The zero-order valence-electron chi connectivity index (χ0n) is 18.9. The summed E-state index contributed by atoms with van der Waals surface area (Å²) in [4.78, 5) is 21.7. The Kier molecular flexibility index (Phi) is 5.15. The van der Waals surface area contributed by atoms with Gasteiger partial charge in [0, 0.05) is 24.0 Å². The number of hydrogen-bond acceptors (Lipinski definition) is 6. The molecule has 2 aliphatic rings. The lowest BCUT2D eigenvalue weighted by Crippen LogP contribution is -2.58. The van der Waals surface area contributed by atoms with Crippen molar-refractivity contribution in [1.82, 2.24) is 4.98 Å². The van der Waals surface area contributed by atoms with Crippen molar-refractivity contribution in [3.05, 3.63) is 58.7 Å². The molecule has 0 saturated carbocycles. The molecule has 3 heterocycles.